The number of nitrogens with zero attached hydrogens (tertiary/aromatic N) is 3. The Bertz CT molecular complexity index is 1370. The molecule has 3 rings (SSSR count). The zero-order valence-corrected chi connectivity index (χ0v) is 19.1. The second kappa shape index (κ2) is 9.51. The van der Waals surface area contributed by atoms with Crippen molar-refractivity contribution >= 4 is 27.0 Å². The number of rotatable bonds is 9. The molecule has 10 nitrogen and oxygen atoms in total. The molecule has 0 radical (unpaired) electrons. The predicted octanol–water partition coefficient (Wildman–Crippen LogP) is 1.86. The molecule has 0 amide bonds. The smallest absolute Gasteiger partial charge is 0.338 e. The summed E-state index contributed by atoms with van der Waals surface area (Å²) in [6.07, 6.45) is 3.35. The Morgan fingerprint density at radius 1 is 1.12 bits per heavy atom. The first-order valence-electron chi connectivity index (χ1n) is 10.4. The molecule has 0 fully saturated rings. The van der Waals surface area contributed by atoms with Gasteiger partial charge in [0.15, 0.2) is 21.0 Å². The number of H-pyrrole nitrogens is 1. The van der Waals surface area contributed by atoms with Crippen LogP contribution in [-0.2, 0) is 34.3 Å². The summed E-state index contributed by atoms with van der Waals surface area (Å²) in [4.78, 5) is 44.2. The maximum absolute atomic E-state index is 12.5. The molecule has 0 unspecified atom stereocenters. The summed E-state index contributed by atoms with van der Waals surface area (Å²) in [6.45, 7) is 4.54. The highest BCUT2D eigenvalue weighted by molar-refractivity contribution is 7.90. The summed E-state index contributed by atoms with van der Waals surface area (Å²) < 4.78 is 31.9. The number of carbonyl (C=O) groups excluding carboxylic acids is 1. The normalized spacial score (nSPS) is 11.7. The minimum Gasteiger partial charge on any atom is -0.454 e. The summed E-state index contributed by atoms with van der Waals surface area (Å²) in [5, 5.41) is 0. The maximum Gasteiger partial charge on any atom is 0.338 e. The van der Waals surface area contributed by atoms with Crippen molar-refractivity contribution in [3.8, 4) is 0 Å². The minimum atomic E-state index is -3.47. The topological polar surface area (TPSA) is 133 Å². The van der Waals surface area contributed by atoms with Gasteiger partial charge in [0.1, 0.15) is 12.4 Å². The summed E-state index contributed by atoms with van der Waals surface area (Å²) in [5.41, 5.74) is -0.474. The van der Waals surface area contributed by atoms with Gasteiger partial charge in [-0.25, -0.2) is 23.0 Å². The zero-order chi connectivity index (χ0) is 23.5. The molecule has 0 aliphatic rings. The first-order valence-corrected chi connectivity index (χ1v) is 12.3. The van der Waals surface area contributed by atoms with Crippen LogP contribution in [0, 0.1) is 0 Å². The number of nitrogens with one attached hydrogen (secondary N) is 1. The van der Waals surface area contributed by atoms with Crippen molar-refractivity contribution in [1.82, 2.24) is 19.1 Å². The Labute approximate surface area is 184 Å². The van der Waals surface area contributed by atoms with E-state index in [0.29, 0.717) is 25.3 Å². The predicted molar refractivity (Wildman–Crippen MR) is 118 cm³/mol. The number of hydrogen-bond acceptors (Lipinski definition) is 7. The number of aryl methyl sites for hydroxylation is 2. The van der Waals surface area contributed by atoms with Gasteiger partial charge in [-0.2, -0.15) is 0 Å². The third-order valence-corrected chi connectivity index (χ3v) is 6.09. The molecule has 0 aliphatic heterocycles. The minimum absolute atomic E-state index is 0.0108. The van der Waals surface area contributed by atoms with Gasteiger partial charge in [-0.05, 0) is 31.0 Å². The number of carbonyl (C=O) groups is 1. The van der Waals surface area contributed by atoms with Gasteiger partial charge in [-0.1, -0.05) is 26.3 Å². The number of aromatic nitrogens is 4. The van der Waals surface area contributed by atoms with Gasteiger partial charge in [-0.15, -0.1) is 0 Å². The molecule has 32 heavy (non-hydrogen) atoms. The summed E-state index contributed by atoms with van der Waals surface area (Å²) >= 11 is 0. The van der Waals surface area contributed by atoms with Crippen LogP contribution in [0.25, 0.3) is 11.2 Å². The Morgan fingerprint density at radius 3 is 2.53 bits per heavy atom. The number of fused-ring (bicyclic) bond motifs is 1. The lowest BCUT2D eigenvalue weighted by molar-refractivity contribution is 0.0458. The number of imidazole rings is 1. The number of aromatic amines is 1. The van der Waals surface area contributed by atoms with Crippen LogP contribution in [0.3, 0.4) is 0 Å². The van der Waals surface area contributed by atoms with E-state index >= 15 is 0 Å². The van der Waals surface area contributed by atoms with E-state index in [1.165, 1.54) is 28.8 Å². The molecule has 0 spiro atoms. The Kier molecular flexibility index (Phi) is 6.97. The van der Waals surface area contributed by atoms with Crippen molar-refractivity contribution in [1.29, 1.82) is 0 Å². The standard InChI is InChI=1S/C21H26N4O6S/c1-4-6-11-25-18-17(19(26)23-21(25)28)24(10-5-2)16(22-18)13-31-20(27)14-8-7-9-15(12-14)32(3,29)30/h7-9,12H,4-6,10-11,13H2,1-3H3,(H,23,26,28). The van der Waals surface area contributed by atoms with Crippen LogP contribution in [0.5, 0.6) is 0 Å². The third kappa shape index (κ3) is 4.82. The molecular weight excluding hydrogens is 436 g/mol. The molecule has 0 bridgehead atoms. The van der Waals surface area contributed by atoms with E-state index in [0.717, 1.165) is 19.1 Å². The van der Waals surface area contributed by atoms with Crippen LogP contribution in [0.4, 0.5) is 0 Å². The average Bonchev–Trinajstić information content (AvgIpc) is 3.10. The highest BCUT2D eigenvalue weighted by Gasteiger charge is 2.20. The van der Waals surface area contributed by atoms with E-state index in [9.17, 15) is 22.8 Å². The van der Waals surface area contributed by atoms with Crippen LogP contribution in [0.15, 0.2) is 38.8 Å². The van der Waals surface area contributed by atoms with E-state index in [1.807, 2.05) is 13.8 Å². The molecule has 0 atom stereocenters. The van der Waals surface area contributed by atoms with Crippen LogP contribution in [0.1, 0.15) is 49.3 Å². The second-order valence-corrected chi connectivity index (χ2v) is 9.51. The van der Waals surface area contributed by atoms with Gasteiger partial charge in [0.05, 0.1) is 10.5 Å². The molecule has 1 aromatic carbocycles. The third-order valence-electron chi connectivity index (χ3n) is 4.98. The quantitative estimate of drug-likeness (QED) is 0.480. The van der Waals surface area contributed by atoms with Crippen molar-refractivity contribution in [2.45, 2.75) is 57.7 Å². The van der Waals surface area contributed by atoms with Gasteiger partial charge < -0.3 is 9.30 Å². The monoisotopic (exact) mass is 462 g/mol. The van der Waals surface area contributed by atoms with E-state index < -0.39 is 27.1 Å². The number of sulfone groups is 1. The Hall–Kier alpha value is -3.21. The van der Waals surface area contributed by atoms with Crippen LogP contribution < -0.4 is 11.2 Å². The molecule has 2 heterocycles. The van der Waals surface area contributed by atoms with E-state index in [-0.39, 0.29) is 28.2 Å². The highest BCUT2D eigenvalue weighted by atomic mass is 32.2. The fourth-order valence-corrected chi connectivity index (χ4v) is 4.05. The van der Waals surface area contributed by atoms with Gasteiger partial charge in [0.25, 0.3) is 5.56 Å². The Balaban J connectivity index is 1.97. The number of ether oxygens (including phenoxy) is 1. The van der Waals surface area contributed by atoms with E-state index in [1.54, 1.807) is 4.57 Å². The number of hydrogen-bond donors (Lipinski definition) is 1. The fourth-order valence-electron chi connectivity index (χ4n) is 3.38. The molecule has 1 N–H and O–H groups in total. The molecule has 172 valence electrons. The SMILES string of the molecule is CCCCn1c(=O)[nH]c(=O)c2c1nc(COC(=O)c1cccc(S(C)(=O)=O)c1)n2CCC. The highest BCUT2D eigenvalue weighted by Crippen LogP contribution is 2.16. The van der Waals surface area contributed by atoms with Crippen molar-refractivity contribution in [3.05, 3.63) is 56.5 Å². The van der Waals surface area contributed by atoms with Crippen molar-refractivity contribution < 1.29 is 17.9 Å². The molecule has 11 heteroatoms. The largest absolute Gasteiger partial charge is 0.454 e. The van der Waals surface area contributed by atoms with Crippen LogP contribution in [-0.4, -0.2) is 39.7 Å². The van der Waals surface area contributed by atoms with Gasteiger partial charge in [0, 0.05) is 19.3 Å². The zero-order valence-electron chi connectivity index (χ0n) is 18.3. The lowest BCUT2D eigenvalue weighted by Crippen LogP contribution is -2.31. The van der Waals surface area contributed by atoms with Gasteiger partial charge in [-0.3, -0.25) is 14.3 Å². The summed E-state index contributed by atoms with van der Waals surface area (Å²) in [5.74, 6) is -0.390. The van der Waals surface area contributed by atoms with E-state index in [4.69, 9.17) is 4.74 Å². The number of esters is 1. The van der Waals surface area contributed by atoms with Crippen molar-refractivity contribution in [3.63, 3.8) is 0 Å². The second-order valence-electron chi connectivity index (χ2n) is 7.49. The fraction of sp³-hybridized carbons (Fsp3) is 0.429. The van der Waals surface area contributed by atoms with Gasteiger partial charge >= 0.3 is 11.7 Å². The Morgan fingerprint density at radius 2 is 1.88 bits per heavy atom. The van der Waals surface area contributed by atoms with E-state index in [2.05, 4.69) is 9.97 Å². The van der Waals surface area contributed by atoms with Crippen molar-refractivity contribution in [2.24, 2.45) is 0 Å². The maximum atomic E-state index is 12.5. The molecule has 0 saturated heterocycles. The lowest BCUT2D eigenvalue weighted by Gasteiger charge is -2.09. The van der Waals surface area contributed by atoms with Crippen LogP contribution >= 0.6 is 0 Å². The van der Waals surface area contributed by atoms with Crippen LogP contribution in [0.2, 0.25) is 0 Å². The first-order chi connectivity index (χ1) is 15.2. The number of unbranched alkanes of at least 4 members (excludes halogenated alkanes) is 1. The van der Waals surface area contributed by atoms with Crippen molar-refractivity contribution in [2.75, 3.05) is 6.26 Å². The summed E-state index contributed by atoms with van der Waals surface area (Å²) in [6, 6.07) is 5.57. The molecular formula is C21H26N4O6S. The number of benzene rings is 1. The lowest BCUT2D eigenvalue weighted by atomic mass is 10.2. The average molecular weight is 463 g/mol. The molecule has 0 saturated carbocycles. The first kappa shape index (κ1) is 23.5. The van der Waals surface area contributed by atoms with Gasteiger partial charge in [0.2, 0.25) is 0 Å². The molecule has 0 aliphatic carbocycles. The summed E-state index contributed by atoms with van der Waals surface area (Å²) in [7, 11) is -3.47. The molecule has 2 aromatic heterocycles. The molecule has 3 aromatic rings.